The monoisotopic (exact) mass is 483 g/mol. The van der Waals surface area contributed by atoms with Crippen LogP contribution in [0.2, 0.25) is 5.02 Å². The number of halogens is 1. The Morgan fingerprint density at radius 3 is 2.52 bits per heavy atom. The van der Waals surface area contributed by atoms with Gasteiger partial charge < -0.3 is 14.8 Å². The van der Waals surface area contributed by atoms with Crippen molar-refractivity contribution >= 4 is 40.4 Å². The highest BCUT2D eigenvalue weighted by Gasteiger charge is 2.26. The molecule has 0 bridgehead atoms. The standard InChI is InChI=1S/C25H22ClNO5S/c1-14(28)16-3-5-19(6-4-16)31-13-24(30)27-12-20-10-18-9-17(11-21(26)25(18)32-20)23-8-7-22(33-23)15(2)29/h3-9,11,20H,10,12-13H2,1-2H3,(H,27,30)/t20-/m0/s1. The van der Waals surface area contributed by atoms with Gasteiger partial charge in [0.25, 0.3) is 5.91 Å². The first kappa shape index (κ1) is 23.0. The zero-order valence-electron chi connectivity index (χ0n) is 18.1. The number of carbonyl (C=O) groups excluding carboxylic acids is 3. The Hall–Kier alpha value is -3.16. The number of fused-ring (bicyclic) bond motifs is 1. The first-order valence-electron chi connectivity index (χ1n) is 10.4. The molecule has 0 spiro atoms. The molecule has 1 aliphatic heterocycles. The lowest BCUT2D eigenvalue weighted by atomic mass is 10.1. The fourth-order valence-corrected chi connectivity index (χ4v) is 4.71. The Kier molecular flexibility index (Phi) is 6.81. The minimum atomic E-state index is -0.271. The number of benzene rings is 2. The molecule has 6 nitrogen and oxygen atoms in total. The highest BCUT2D eigenvalue weighted by molar-refractivity contribution is 7.17. The molecule has 1 atom stereocenters. The zero-order valence-corrected chi connectivity index (χ0v) is 19.7. The molecule has 3 aromatic rings. The van der Waals surface area contributed by atoms with E-state index in [2.05, 4.69) is 5.32 Å². The van der Waals surface area contributed by atoms with E-state index in [-0.39, 0.29) is 30.2 Å². The van der Waals surface area contributed by atoms with Gasteiger partial charge in [-0.05, 0) is 67.9 Å². The van der Waals surface area contributed by atoms with Crippen molar-refractivity contribution in [2.45, 2.75) is 26.4 Å². The van der Waals surface area contributed by atoms with Crippen molar-refractivity contribution in [2.24, 2.45) is 0 Å². The van der Waals surface area contributed by atoms with Gasteiger partial charge in [-0.25, -0.2) is 0 Å². The average molecular weight is 484 g/mol. The quantitative estimate of drug-likeness (QED) is 0.457. The summed E-state index contributed by atoms with van der Waals surface area (Å²) in [6.45, 7) is 3.22. The predicted octanol–water partition coefficient (Wildman–Crippen LogP) is 4.97. The summed E-state index contributed by atoms with van der Waals surface area (Å²) in [5, 5.41) is 3.33. The molecule has 0 fully saturated rings. The average Bonchev–Trinajstić information content (AvgIpc) is 3.44. The number of hydrogen-bond donors (Lipinski definition) is 1. The summed E-state index contributed by atoms with van der Waals surface area (Å²) in [7, 11) is 0. The molecule has 1 aliphatic rings. The number of thiophene rings is 1. The van der Waals surface area contributed by atoms with E-state index in [0.29, 0.717) is 39.9 Å². The predicted molar refractivity (Wildman–Crippen MR) is 128 cm³/mol. The smallest absolute Gasteiger partial charge is 0.258 e. The van der Waals surface area contributed by atoms with E-state index in [1.165, 1.54) is 18.3 Å². The number of carbonyl (C=O) groups is 3. The molecule has 0 saturated heterocycles. The second kappa shape index (κ2) is 9.77. The van der Waals surface area contributed by atoms with Gasteiger partial charge >= 0.3 is 0 Å². The summed E-state index contributed by atoms with van der Waals surface area (Å²) in [6.07, 6.45) is 0.379. The number of nitrogens with one attached hydrogen (secondary N) is 1. The van der Waals surface area contributed by atoms with Gasteiger partial charge in [-0.15, -0.1) is 11.3 Å². The van der Waals surface area contributed by atoms with E-state index in [0.717, 1.165) is 16.0 Å². The van der Waals surface area contributed by atoms with Crippen LogP contribution in [0, 0.1) is 0 Å². The maximum Gasteiger partial charge on any atom is 0.258 e. The van der Waals surface area contributed by atoms with Crippen molar-refractivity contribution in [3.05, 3.63) is 69.6 Å². The third kappa shape index (κ3) is 5.43. The number of ketones is 2. The van der Waals surface area contributed by atoms with E-state index >= 15 is 0 Å². The topological polar surface area (TPSA) is 81.7 Å². The lowest BCUT2D eigenvalue weighted by Crippen LogP contribution is -2.37. The lowest BCUT2D eigenvalue weighted by molar-refractivity contribution is -0.123. The molecular weight excluding hydrogens is 462 g/mol. The minimum Gasteiger partial charge on any atom is -0.486 e. The van der Waals surface area contributed by atoms with Gasteiger partial charge in [-0.3, -0.25) is 14.4 Å². The molecule has 0 aliphatic carbocycles. The summed E-state index contributed by atoms with van der Waals surface area (Å²) >= 11 is 7.89. The highest BCUT2D eigenvalue weighted by Crippen LogP contribution is 2.41. The molecule has 4 rings (SSSR count). The summed E-state index contributed by atoms with van der Waals surface area (Å²) in [4.78, 5) is 36.8. The van der Waals surface area contributed by atoms with Crippen molar-refractivity contribution in [3.63, 3.8) is 0 Å². The van der Waals surface area contributed by atoms with E-state index in [1.807, 2.05) is 24.3 Å². The summed E-state index contributed by atoms with van der Waals surface area (Å²) < 4.78 is 11.4. The Bertz CT molecular complexity index is 1220. The lowest BCUT2D eigenvalue weighted by Gasteiger charge is -2.13. The molecular formula is C25H22ClNO5S. The van der Waals surface area contributed by atoms with Gasteiger partial charge in [-0.1, -0.05) is 11.6 Å². The molecule has 2 heterocycles. The maximum atomic E-state index is 12.2. The van der Waals surface area contributed by atoms with E-state index in [1.54, 1.807) is 31.2 Å². The van der Waals surface area contributed by atoms with Crippen LogP contribution in [0.1, 0.15) is 39.4 Å². The Morgan fingerprint density at radius 1 is 1.09 bits per heavy atom. The summed E-state index contributed by atoms with van der Waals surface area (Å²) in [5.41, 5.74) is 2.50. The van der Waals surface area contributed by atoms with Crippen LogP contribution in [-0.4, -0.2) is 36.7 Å². The molecule has 2 aromatic carbocycles. The fraction of sp³-hybridized carbons (Fsp3) is 0.240. The van der Waals surface area contributed by atoms with Crippen molar-refractivity contribution in [2.75, 3.05) is 13.2 Å². The van der Waals surface area contributed by atoms with Crippen LogP contribution in [-0.2, 0) is 11.2 Å². The number of amides is 1. The maximum absolute atomic E-state index is 12.2. The second-order valence-corrected chi connectivity index (χ2v) is 9.27. The zero-order chi connectivity index (χ0) is 23.5. The molecule has 1 amide bonds. The van der Waals surface area contributed by atoms with Gasteiger partial charge in [-0.2, -0.15) is 0 Å². The number of rotatable bonds is 8. The molecule has 0 saturated carbocycles. The molecule has 0 unspecified atom stereocenters. The van der Waals surface area contributed by atoms with Crippen LogP contribution in [0.3, 0.4) is 0 Å². The van der Waals surface area contributed by atoms with Crippen LogP contribution in [0.5, 0.6) is 11.5 Å². The highest BCUT2D eigenvalue weighted by atomic mass is 35.5. The molecule has 8 heteroatoms. The summed E-state index contributed by atoms with van der Waals surface area (Å²) in [6, 6.07) is 14.2. The van der Waals surface area contributed by atoms with Gasteiger partial charge in [0.05, 0.1) is 16.4 Å². The van der Waals surface area contributed by atoms with E-state index in [4.69, 9.17) is 21.1 Å². The Balaban J connectivity index is 1.31. The molecule has 1 aromatic heterocycles. The first-order chi connectivity index (χ1) is 15.8. The minimum absolute atomic E-state index is 0.0275. The third-order valence-electron chi connectivity index (χ3n) is 5.25. The SMILES string of the molecule is CC(=O)c1ccc(OCC(=O)NC[C@@H]2Cc3cc(-c4ccc(C(C)=O)s4)cc(Cl)c3O2)cc1. The molecule has 1 N–H and O–H groups in total. The van der Waals surface area contributed by atoms with Crippen molar-refractivity contribution in [3.8, 4) is 21.9 Å². The van der Waals surface area contributed by atoms with Crippen LogP contribution in [0.25, 0.3) is 10.4 Å². The summed E-state index contributed by atoms with van der Waals surface area (Å²) in [5.74, 6) is 0.882. The van der Waals surface area contributed by atoms with Crippen molar-refractivity contribution < 1.29 is 23.9 Å². The first-order valence-corrected chi connectivity index (χ1v) is 11.6. The van der Waals surface area contributed by atoms with E-state index < -0.39 is 0 Å². The third-order valence-corrected chi connectivity index (χ3v) is 6.76. The number of Topliss-reactive ketones (excluding diaryl/α,β-unsaturated/α-hetero) is 2. The largest absolute Gasteiger partial charge is 0.486 e. The van der Waals surface area contributed by atoms with Crippen molar-refractivity contribution in [1.82, 2.24) is 5.32 Å². The van der Waals surface area contributed by atoms with Crippen LogP contribution < -0.4 is 14.8 Å². The van der Waals surface area contributed by atoms with Crippen LogP contribution >= 0.6 is 22.9 Å². The van der Waals surface area contributed by atoms with Crippen LogP contribution in [0.4, 0.5) is 0 Å². The normalized spacial score (nSPS) is 14.3. The van der Waals surface area contributed by atoms with E-state index in [9.17, 15) is 14.4 Å². The van der Waals surface area contributed by atoms with Crippen LogP contribution in [0.15, 0.2) is 48.5 Å². The molecule has 170 valence electrons. The van der Waals surface area contributed by atoms with Gasteiger partial charge in [0.2, 0.25) is 0 Å². The Labute approximate surface area is 200 Å². The van der Waals surface area contributed by atoms with Crippen molar-refractivity contribution in [1.29, 1.82) is 0 Å². The van der Waals surface area contributed by atoms with Gasteiger partial charge in [0.15, 0.2) is 18.2 Å². The number of hydrogen-bond acceptors (Lipinski definition) is 6. The Morgan fingerprint density at radius 2 is 1.85 bits per heavy atom. The number of ether oxygens (including phenoxy) is 2. The molecule has 0 radical (unpaired) electrons. The van der Waals surface area contributed by atoms with Gasteiger partial charge in [0, 0.05) is 22.4 Å². The second-order valence-electron chi connectivity index (χ2n) is 7.78. The van der Waals surface area contributed by atoms with Gasteiger partial charge in [0.1, 0.15) is 17.6 Å². The molecule has 33 heavy (non-hydrogen) atoms. The fourth-order valence-electron chi connectivity index (χ4n) is 3.54.